The molecule has 1 aromatic carbocycles. The van der Waals surface area contributed by atoms with Crippen LogP contribution in [0.2, 0.25) is 5.02 Å². The third-order valence-electron chi connectivity index (χ3n) is 3.16. The SMILES string of the molecule is O=C1CC2(CO1)COc1ccc(Cl)cc1C2=O. The maximum atomic E-state index is 12.4. The van der Waals surface area contributed by atoms with E-state index in [0.29, 0.717) is 16.3 Å². The number of esters is 1. The first-order valence-corrected chi connectivity index (χ1v) is 5.61. The number of ether oxygens (including phenoxy) is 2. The number of carbonyl (C=O) groups excluding carboxylic acids is 2. The van der Waals surface area contributed by atoms with Crippen molar-refractivity contribution in [2.24, 2.45) is 5.41 Å². The quantitative estimate of drug-likeness (QED) is 0.661. The highest BCUT2D eigenvalue weighted by atomic mass is 35.5. The van der Waals surface area contributed by atoms with E-state index in [9.17, 15) is 9.59 Å². The van der Waals surface area contributed by atoms with E-state index < -0.39 is 5.41 Å². The zero-order valence-electron chi connectivity index (χ0n) is 8.86. The standard InChI is InChI=1S/C12H9ClO4/c13-7-1-2-9-8(3-7)11(15)12(5-16-9)4-10(14)17-6-12/h1-3H,4-6H2. The van der Waals surface area contributed by atoms with Gasteiger partial charge in [0.2, 0.25) is 0 Å². The number of hydrogen-bond donors (Lipinski definition) is 0. The van der Waals surface area contributed by atoms with Crippen molar-refractivity contribution < 1.29 is 19.1 Å². The highest BCUT2D eigenvalue weighted by molar-refractivity contribution is 6.31. The molecule has 4 nitrogen and oxygen atoms in total. The van der Waals surface area contributed by atoms with Crippen LogP contribution in [0.1, 0.15) is 16.8 Å². The molecule has 0 saturated carbocycles. The van der Waals surface area contributed by atoms with Crippen LogP contribution in [0.3, 0.4) is 0 Å². The van der Waals surface area contributed by atoms with Crippen LogP contribution in [-0.4, -0.2) is 25.0 Å². The molecule has 5 heteroatoms. The maximum Gasteiger partial charge on any atom is 0.307 e. The van der Waals surface area contributed by atoms with E-state index in [2.05, 4.69) is 0 Å². The second kappa shape index (κ2) is 3.47. The van der Waals surface area contributed by atoms with Crippen molar-refractivity contribution in [2.75, 3.05) is 13.2 Å². The van der Waals surface area contributed by atoms with Gasteiger partial charge in [-0.3, -0.25) is 9.59 Å². The number of ketones is 1. The van der Waals surface area contributed by atoms with E-state index in [1.54, 1.807) is 18.2 Å². The molecule has 1 aromatic rings. The largest absolute Gasteiger partial charge is 0.492 e. The average molecular weight is 253 g/mol. The average Bonchev–Trinajstić information content (AvgIpc) is 2.68. The van der Waals surface area contributed by atoms with Crippen LogP contribution in [0.5, 0.6) is 5.75 Å². The molecule has 1 spiro atoms. The van der Waals surface area contributed by atoms with Gasteiger partial charge in [0.15, 0.2) is 5.78 Å². The smallest absolute Gasteiger partial charge is 0.307 e. The fraction of sp³-hybridized carbons (Fsp3) is 0.333. The lowest BCUT2D eigenvalue weighted by atomic mass is 9.78. The van der Waals surface area contributed by atoms with Crippen molar-refractivity contribution in [3.8, 4) is 5.75 Å². The van der Waals surface area contributed by atoms with E-state index in [1.807, 2.05) is 0 Å². The van der Waals surface area contributed by atoms with Gasteiger partial charge in [-0.05, 0) is 18.2 Å². The summed E-state index contributed by atoms with van der Waals surface area (Å²) in [6, 6.07) is 4.91. The molecule has 2 heterocycles. The normalized spacial score (nSPS) is 26.6. The number of halogens is 1. The van der Waals surface area contributed by atoms with Crippen LogP contribution in [0.25, 0.3) is 0 Å². The fourth-order valence-corrected chi connectivity index (χ4v) is 2.38. The summed E-state index contributed by atoms with van der Waals surface area (Å²) >= 11 is 5.86. The third kappa shape index (κ3) is 1.52. The zero-order chi connectivity index (χ0) is 12.0. The van der Waals surface area contributed by atoms with Crippen molar-refractivity contribution >= 4 is 23.4 Å². The molecule has 88 valence electrons. The van der Waals surface area contributed by atoms with Crippen LogP contribution in [0.15, 0.2) is 18.2 Å². The third-order valence-corrected chi connectivity index (χ3v) is 3.40. The molecule has 2 aliphatic heterocycles. The van der Waals surface area contributed by atoms with Gasteiger partial charge in [0.25, 0.3) is 0 Å². The first-order valence-electron chi connectivity index (χ1n) is 5.24. The molecule has 1 fully saturated rings. The Morgan fingerprint density at radius 3 is 2.65 bits per heavy atom. The molecule has 1 saturated heterocycles. The first-order chi connectivity index (χ1) is 8.11. The van der Waals surface area contributed by atoms with Crippen molar-refractivity contribution in [1.82, 2.24) is 0 Å². The van der Waals surface area contributed by atoms with Crippen molar-refractivity contribution in [1.29, 1.82) is 0 Å². The minimum atomic E-state index is -0.852. The molecule has 2 aliphatic rings. The molecule has 1 unspecified atom stereocenters. The number of Topliss-reactive ketones (excluding diaryl/α,β-unsaturated/α-hetero) is 1. The van der Waals surface area contributed by atoms with Crippen molar-refractivity contribution in [2.45, 2.75) is 6.42 Å². The Morgan fingerprint density at radius 2 is 1.94 bits per heavy atom. The molecule has 0 aliphatic carbocycles. The summed E-state index contributed by atoms with van der Waals surface area (Å²) in [5, 5.41) is 0.475. The summed E-state index contributed by atoms with van der Waals surface area (Å²) in [5.41, 5.74) is -0.420. The van der Waals surface area contributed by atoms with Gasteiger partial charge in [0.05, 0.1) is 12.0 Å². The van der Waals surface area contributed by atoms with Gasteiger partial charge in [-0.25, -0.2) is 0 Å². The molecular formula is C12H9ClO4. The zero-order valence-corrected chi connectivity index (χ0v) is 9.62. The van der Waals surface area contributed by atoms with Gasteiger partial charge in [-0.1, -0.05) is 11.6 Å². The van der Waals surface area contributed by atoms with Crippen LogP contribution in [0, 0.1) is 5.41 Å². The number of benzene rings is 1. The minimum absolute atomic E-state index is 0.0811. The summed E-state index contributed by atoms with van der Waals surface area (Å²) in [7, 11) is 0. The summed E-state index contributed by atoms with van der Waals surface area (Å²) in [6.07, 6.45) is 0.0811. The molecular weight excluding hydrogens is 244 g/mol. The summed E-state index contributed by atoms with van der Waals surface area (Å²) in [5.74, 6) is 0.0453. The number of hydrogen-bond acceptors (Lipinski definition) is 4. The van der Waals surface area contributed by atoms with Crippen molar-refractivity contribution in [3.05, 3.63) is 28.8 Å². The lowest BCUT2D eigenvalue weighted by Gasteiger charge is -2.30. The van der Waals surface area contributed by atoms with Gasteiger partial charge < -0.3 is 9.47 Å². The Hall–Kier alpha value is -1.55. The highest BCUT2D eigenvalue weighted by Crippen LogP contribution is 2.41. The van der Waals surface area contributed by atoms with Gasteiger partial charge in [-0.2, -0.15) is 0 Å². The lowest BCUT2D eigenvalue weighted by Crippen LogP contribution is -2.41. The van der Waals surface area contributed by atoms with E-state index in [1.165, 1.54) is 0 Å². The second-order valence-electron chi connectivity index (χ2n) is 4.38. The van der Waals surface area contributed by atoms with E-state index >= 15 is 0 Å². The molecule has 0 amide bonds. The molecule has 0 aromatic heterocycles. The molecule has 0 N–H and O–H groups in total. The topological polar surface area (TPSA) is 52.6 Å². The van der Waals surface area contributed by atoms with Gasteiger partial charge in [0, 0.05) is 5.02 Å². The summed E-state index contributed by atoms with van der Waals surface area (Å²) in [6.45, 7) is 0.281. The second-order valence-corrected chi connectivity index (χ2v) is 4.81. The number of fused-ring (bicyclic) bond motifs is 1. The van der Waals surface area contributed by atoms with E-state index in [-0.39, 0.29) is 31.4 Å². The maximum absolute atomic E-state index is 12.4. The molecule has 17 heavy (non-hydrogen) atoms. The summed E-state index contributed by atoms with van der Waals surface area (Å²) in [4.78, 5) is 23.6. The Bertz CT molecular complexity index is 525. The van der Waals surface area contributed by atoms with Crippen molar-refractivity contribution in [3.63, 3.8) is 0 Å². The number of rotatable bonds is 0. The molecule has 0 bridgehead atoms. The Balaban J connectivity index is 2.06. The first kappa shape index (κ1) is 10.6. The predicted octanol–water partition coefficient (Wildman–Crippen LogP) is 1.85. The summed E-state index contributed by atoms with van der Waals surface area (Å²) < 4.78 is 10.4. The van der Waals surface area contributed by atoms with E-state index in [4.69, 9.17) is 21.1 Å². The van der Waals surface area contributed by atoms with Crippen LogP contribution < -0.4 is 4.74 Å². The molecule has 1 atom stereocenters. The van der Waals surface area contributed by atoms with Crippen LogP contribution in [-0.2, 0) is 9.53 Å². The minimum Gasteiger partial charge on any atom is -0.492 e. The fourth-order valence-electron chi connectivity index (χ4n) is 2.21. The van der Waals surface area contributed by atoms with Gasteiger partial charge in [0.1, 0.15) is 24.4 Å². The number of cyclic esters (lactones) is 1. The lowest BCUT2D eigenvalue weighted by molar-refractivity contribution is -0.137. The Morgan fingerprint density at radius 1 is 1.18 bits per heavy atom. The Labute approximate surface area is 102 Å². The van der Waals surface area contributed by atoms with Crippen LogP contribution >= 0.6 is 11.6 Å². The van der Waals surface area contributed by atoms with Crippen LogP contribution in [0.4, 0.5) is 0 Å². The Kier molecular flexibility index (Phi) is 2.16. The predicted molar refractivity (Wildman–Crippen MR) is 59.3 cm³/mol. The molecule has 3 rings (SSSR count). The highest BCUT2D eigenvalue weighted by Gasteiger charge is 2.51. The van der Waals surface area contributed by atoms with E-state index in [0.717, 1.165) is 0 Å². The monoisotopic (exact) mass is 252 g/mol. The van der Waals surface area contributed by atoms with Gasteiger partial charge in [-0.15, -0.1) is 0 Å². The molecule has 0 radical (unpaired) electrons. The number of carbonyl (C=O) groups is 2. The van der Waals surface area contributed by atoms with Gasteiger partial charge >= 0.3 is 5.97 Å².